The van der Waals surface area contributed by atoms with Gasteiger partial charge in [-0.15, -0.1) is 0 Å². The molecule has 1 aliphatic heterocycles. The monoisotopic (exact) mass is 441 g/mol. The molecule has 1 atom stereocenters. The number of esters is 1. The number of methoxy groups -OCH3 is 1. The van der Waals surface area contributed by atoms with E-state index >= 15 is 0 Å². The first kappa shape index (κ1) is 23.7. The first-order valence-corrected chi connectivity index (χ1v) is 10.6. The van der Waals surface area contributed by atoms with Crippen LogP contribution in [0.1, 0.15) is 22.8 Å². The summed E-state index contributed by atoms with van der Waals surface area (Å²) < 4.78 is 25.0. The van der Waals surface area contributed by atoms with Gasteiger partial charge in [0.15, 0.2) is 0 Å². The minimum absolute atomic E-state index is 0.0358. The Morgan fingerprint density at radius 1 is 1.30 bits per heavy atom. The number of carbonyl (C=O) groups is 3. The van der Waals surface area contributed by atoms with Crippen LogP contribution in [0.15, 0.2) is 12.1 Å². The first-order valence-electron chi connectivity index (χ1n) is 9.18. The predicted molar refractivity (Wildman–Crippen MR) is 109 cm³/mol. The lowest BCUT2D eigenvalue weighted by Crippen LogP contribution is -2.41. The second kappa shape index (κ2) is 11.6. The molecule has 1 heterocycles. The van der Waals surface area contributed by atoms with Crippen LogP contribution in [-0.2, 0) is 25.4 Å². The molecule has 10 nitrogen and oxygen atoms in total. The van der Waals surface area contributed by atoms with E-state index in [1.807, 2.05) is 6.26 Å². The Balaban J connectivity index is 2.12. The summed E-state index contributed by atoms with van der Waals surface area (Å²) in [5, 5.41) is 13.1. The zero-order chi connectivity index (χ0) is 22.1. The standard InChI is InChI=1S/C18H24BNO9S/c1-4-26-18(23)28-10-27-17(22)15-13(25-2)6-5-11-7-12(19(24)29-16(11)15)8-20-14(21)9-30-3/h5-6,12,24H,4,7-10H2,1-3H3,(H,20,21). The van der Waals surface area contributed by atoms with Crippen LogP contribution in [0.25, 0.3) is 0 Å². The molecule has 30 heavy (non-hydrogen) atoms. The molecule has 0 fully saturated rings. The third kappa shape index (κ3) is 6.20. The fourth-order valence-corrected chi connectivity index (χ4v) is 3.19. The van der Waals surface area contributed by atoms with E-state index in [0.29, 0.717) is 17.7 Å². The Labute approximate surface area is 178 Å². The highest BCUT2D eigenvalue weighted by Gasteiger charge is 2.38. The number of benzene rings is 1. The minimum atomic E-state index is -1.25. The summed E-state index contributed by atoms with van der Waals surface area (Å²) in [6.07, 6.45) is 1.21. The predicted octanol–water partition coefficient (Wildman–Crippen LogP) is 1.25. The summed E-state index contributed by atoms with van der Waals surface area (Å²) in [6, 6.07) is 3.29. The molecule has 1 aromatic rings. The molecule has 0 bridgehead atoms. The van der Waals surface area contributed by atoms with Gasteiger partial charge in [0.2, 0.25) is 12.7 Å². The van der Waals surface area contributed by atoms with E-state index in [1.165, 1.54) is 18.9 Å². The maximum atomic E-state index is 12.6. The fraction of sp³-hybridized carbons (Fsp3) is 0.500. The van der Waals surface area contributed by atoms with Crippen molar-refractivity contribution in [2.24, 2.45) is 0 Å². The van der Waals surface area contributed by atoms with E-state index in [1.54, 1.807) is 19.1 Å². The molecule has 2 rings (SSSR count). The van der Waals surface area contributed by atoms with Crippen molar-refractivity contribution in [3.8, 4) is 11.5 Å². The Morgan fingerprint density at radius 3 is 2.73 bits per heavy atom. The molecule has 0 aliphatic carbocycles. The average molecular weight is 441 g/mol. The van der Waals surface area contributed by atoms with E-state index in [-0.39, 0.29) is 36.1 Å². The van der Waals surface area contributed by atoms with Gasteiger partial charge in [0.25, 0.3) is 0 Å². The highest BCUT2D eigenvalue weighted by atomic mass is 32.2. The maximum Gasteiger partial charge on any atom is 0.528 e. The molecular formula is C18H24BNO9S. The Bertz CT molecular complexity index is 776. The van der Waals surface area contributed by atoms with E-state index in [0.717, 1.165) is 0 Å². The van der Waals surface area contributed by atoms with Crippen molar-refractivity contribution in [1.29, 1.82) is 0 Å². The van der Waals surface area contributed by atoms with Gasteiger partial charge in [-0.25, -0.2) is 9.59 Å². The lowest BCUT2D eigenvalue weighted by molar-refractivity contribution is -0.118. The van der Waals surface area contributed by atoms with Crippen LogP contribution in [0, 0.1) is 0 Å². The van der Waals surface area contributed by atoms with E-state index in [2.05, 4.69) is 14.8 Å². The van der Waals surface area contributed by atoms with Crippen LogP contribution < -0.4 is 14.7 Å². The normalized spacial score (nSPS) is 14.8. The number of rotatable bonds is 9. The lowest BCUT2D eigenvalue weighted by atomic mass is 9.66. The lowest BCUT2D eigenvalue weighted by Gasteiger charge is -2.29. The number of hydrogen-bond donors (Lipinski definition) is 2. The molecular weight excluding hydrogens is 417 g/mol. The van der Waals surface area contributed by atoms with Crippen LogP contribution >= 0.6 is 11.8 Å². The van der Waals surface area contributed by atoms with Crippen molar-refractivity contribution in [1.82, 2.24) is 5.32 Å². The minimum Gasteiger partial charge on any atom is -0.535 e. The molecule has 12 heteroatoms. The van der Waals surface area contributed by atoms with Crippen molar-refractivity contribution in [2.75, 3.05) is 39.1 Å². The largest absolute Gasteiger partial charge is 0.535 e. The summed E-state index contributed by atoms with van der Waals surface area (Å²) in [4.78, 5) is 35.4. The van der Waals surface area contributed by atoms with Crippen molar-refractivity contribution >= 4 is 36.9 Å². The number of fused-ring (bicyclic) bond motifs is 1. The van der Waals surface area contributed by atoms with Gasteiger partial charge in [0.05, 0.1) is 19.5 Å². The molecule has 1 aromatic carbocycles. The second-order valence-corrected chi connectivity index (χ2v) is 7.08. The van der Waals surface area contributed by atoms with Crippen molar-refractivity contribution in [3.63, 3.8) is 0 Å². The molecule has 0 saturated heterocycles. The highest BCUT2D eigenvalue weighted by Crippen LogP contribution is 2.39. The number of nitrogens with one attached hydrogen (secondary N) is 1. The number of thioether (sulfide) groups is 1. The topological polar surface area (TPSA) is 130 Å². The van der Waals surface area contributed by atoms with Gasteiger partial charge in [0.1, 0.15) is 17.1 Å². The molecule has 1 unspecified atom stereocenters. The smallest absolute Gasteiger partial charge is 0.528 e. The van der Waals surface area contributed by atoms with E-state index < -0.39 is 31.9 Å². The molecule has 164 valence electrons. The van der Waals surface area contributed by atoms with Gasteiger partial charge in [-0.05, 0) is 31.2 Å². The Kier molecular flexibility index (Phi) is 9.12. The molecule has 0 spiro atoms. The number of hydrogen-bond acceptors (Lipinski definition) is 10. The zero-order valence-electron chi connectivity index (χ0n) is 17.0. The van der Waals surface area contributed by atoms with Crippen LogP contribution in [0.5, 0.6) is 11.5 Å². The first-order chi connectivity index (χ1) is 14.4. The SMILES string of the molecule is CCOC(=O)OCOC(=O)c1c(OC)ccc2c1OB(O)C(CNC(=O)CSC)C2. The molecule has 0 saturated carbocycles. The van der Waals surface area contributed by atoms with Gasteiger partial charge < -0.3 is 33.9 Å². The third-order valence-electron chi connectivity index (χ3n) is 4.21. The van der Waals surface area contributed by atoms with Gasteiger partial charge in [-0.2, -0.15) is 11.8 Å². The quantitative estimate of drug-likeness (QED) is 0.328. The van der Waals surface area contributed by atoms with Gasteiger partial charge in [-0.3, -0.25) is 4.79 Å². The number of amides is 1. The number of ether oxygens (including phenoxy) is 4. The molecule has 0 radical (unpaired) electrons. The summed E-state index contributed by atoms with van der Waals surface area (Å²) in [5.41, 5.74) is 0.606. The fourth-order valence-electron chi connectivity index (χ4n) is 2.83. The van der Waals surface area contributed by atoms with Crippen LogP contribution in [0.3, 0.4) is 0 Å². The Morgan fingerprint density at radius 2 is 2.07 bits per heavy atom. The van der Waals surface area contributed by atoms with Crippen LogP contribution in [0.2, 0.25) is 5.82 Å². The van der Waals surface area contributed by atoms with Crippen LogP contribution in [-0.4, -0.2) is 69.2 Å². The van der Waals surface area contributed by atoms with Crippen molar-refractivity contribution in [3.05, 3.63) is 23.3 Å². The average Bonchev–Trinajstić information content (AvgIpc) is 2.71. The zero-order valence-corrected chi connectivity index (χ0v) is 17.8. The summed E-state index contributed by atoms with van der Waals surface area (Å²) in [7, 11) is 0.123. The summed E-state index contributed by atoms with van der Waals surface area (Å²) in [6.45, 7) is 1.30. The van der Waals surface area contributed by atoms with Crippen molar-refractivity contribution < 1.29 is 43.0 Å². The highest BCUT2D eigenvalue weighted by molar-refractivity contribution is 7.99. The second-order valence-electron chi connectivity index (χ2n) is 6.22. The molecule has 1 aliphatic rings. The van der Waals surface area contributed by atoms with Crippen molar-refractivity contribution in [2.45, 2.75) is 19.2 Å². The molecule has 2 N–H and O–H groups in total. The van der Waals surface area contributed by atoms with E-state index in [9.17, 15) is 19.4 Å². The Hall–Kier alpha value is -2.60. The summed E-state index contributed by atoms with van der Waals surface area (Å²) in [5.74, 6) is -0.773. The van der Waals surface area contributed by atoms with Crippen LogP contribution in [0.4, 0.5) is 4.79 Å². The molecule has 1 amide bonds. The summed E-state index contributed by atoms with van der Waals surface area (Å²) >= 11 is 1.40. The van der Waals surface area contributed by atoms with Gasteiger partial charge in [0, 0.05) is 12.4 Å². The van der Waals surface area contributed by atoms with E-state index in [4.69, 9.17) is 14.1 Å². The van der Waals surface area contributed by atoms with Gasteiger partial charge in [-0.1, -0.05) is 6.07 Å². The maximum absolute atomic E-state index is 12.6. The molecule has 0 aromatic heterocycles. The number of carbonyl (C=O) groups excluding carboxylic acids is 3. The third-order valence-corrected chi connectivity index (χ3v) is 4.77. The van der Waals surface area contributed by atoms with Gasteiger partial charge >= 0.3 is 19.2 Å².